The molecule has 2 saturated carbocycles. The lowest BCUT2D eigenvalue weighted by atomic mass is 9.77. The van der Waals surface area contributed by atoms with Crippen LogP contribution < -0.4 is 5.32 Å². The number of likely N-dealkylation sites (tertiary alicyclic amines) is 1. The van der Waals surface area contributed by atoms with Crippen molar-refractivity contribution in [2.24, 2.45) is 0 Å². The second-order valence-electron chi connectivity index (χ2n) is 19.3. The molecular formula is C59H71ClN8O3. The predicted octanol–water partition coefficient (Wildman–Crippen LogP) is 13.1. The van der Waals surface area contributed by atoms with Gasteiger partial charge in [-0.2, -0.15) is 10.5 Å². The number of carboxylic acid groups (broad SMARTS) is 1. The van der Waals surface area contributed by atoms with Crippen molar-refractivity contribution in [3.05, 3.63) is 152 Å². The van der Waals surface area contributed by atoms with Crippen molar-refractivity contribution in [1.29, 1.82) is 10.5 Å². The molecule has 1 amide bonds. The quantitative estimate of drug-likeness (QED) is 0.105. The lowest BCUT2D eigenvalue weighted by Crippen LogP contribution is -2.38. The fourth-order valence-corrected chi connectivity index (χ4v) is 10.2. The number of aromatic nitrogens is 4. The van der Waals surface area contributed by atoms with Crippen LogP contribution >= 0.6 is 12.4 Å². The first-order valence-electron chi connectivity index (χ1n) is 25.2. The zero-order valence-electron chi connectivity index (χ0n) is 41.1. The van der Waals surface area contributed by atoms with Gasteiger partial charge in [0, 0.05) is 53.6 Å². The number of nitrogens with zero attached hydrogens (tertiary/aromatic N) is 5. The molecule has 2 aliphatic heterocycles. The Morgan fingerprint density at radius 2 is 1.06 bits per heavy atom. The first kappa shape index (κ1) is 53.8. The number of aromatic carboxylic acids is 1. The monoisotopic (exact) mass is 975 g/mol. The molecule has 0 radical (unpaired) electrons. The van der Waals surface area contributed by atoms with E-state index in [4.69, 9.17) is 10.5 Å². The molecule has 2 aromatic heterocycles. The van der Waals surface area contributed by atoms with Crippen molar-refractivity contribution < 1.29 is 14.7 Å². The second-order valence-corrected chi connectivity index (χ2v) is 19.3. The number of hydrogen-bond donors (Lipinski definition) is 4. The zero-order valence-corrected chi connectivity index (χ0v) is 41.9. The number of rotatable bonds is 10. The average Bonchev–Trinajstić information content (AvgIpc) is 4.04. The molecule has 11 nitrogen and oxygen atoms in total. The smallest absolute Gasteiger partial charge is 0.335 e. The van der Waals surface area contributed by atoms with E-state index in [1.54, 1.807) is 6.07 Å². The fourth-order valence-electron chi connectivity index (χ4n) is 10.2. The van der Waals surface area contributed by atoms with Crippen LogP contribution in [0.2, 0.25) is 0 Å². The number of hydrogen-bond acceptors (Lipinski definition) is 7. The third-order valence-corrected chi connectivity index (χ3v) is 15.0. The Morgan fingerprint density at radius 3 is 1.44 bits per heavy atom. The average molecular weight is 976 g/mol. The number of carbonyl (C=O) groups is 2. The molecule has 372 valence electrons. The van der Waals surface area contributed by atoms with E-state index < -0.39 is 5.97 Å². The molecule has 6 aromatic rings. The SMILES string of the molecule is C.CCc1cnc(-c2cc(C(=O)N3CCC(c4ccc(C#N)cc4)CC3)c(C)cc2C2CCC2)[nH]1.CCc1cnc(-c2cc(C(=O)O)c(C)cc2C2CCC2)[nH]1.Cl.N#Cc1ccc(C2CCNCC2)cc1. The van der Waals surface area contributed by atoms with Gasteiger partial charge in [0.05, 0.1) is 28.8 Å². The molecular weight excluding hydrogens is 904 g/mol. The summed E-state index contributed by atoms with van der Waals surface area (Å²) in [4.78, 5) is 42.9. The normalized spacial score (nSPS) is 15.9. The number of amides is 1. The van der Waals surface area contributed by atoms with E-state index in [-0.39, 0.29) is 25.7 Å². The minimum absolute atomic E-state index is 0. The molecule has 4 N–H and O–H groups in total. The van der Waals surface area contributed by atoms with Crippen molar-refractivity contribution in [3.63, 3.8) is 0 Å². The first-order chi connectivity index (χ1) is 33.6. The number of piperidine rings is 2. The molecule has 12 heteroatoms. The number of aryl methyl sites for hydroxylation is 4. The molecule has 0 spiro atoms. The summed E-state index contributed by atoms with van der Waals surface area (Å²) < 4.78 is 0. The lowest BCUT2D eigenvalue weighted by molar-refractivity contribution is 0.0692. The number of benzene rings is 4. The Kier molecular flexibility index (Phi) is 19.0. The highest BCUT2D eigenvalue weighted by molar-refractivity contribution is 5.97. The Labute approximate surface area is 427 Å². The number of H-pyrrole nitrogens is 2. The highest BCUT2D eigenvalue weighted by Crippen LogP contribution is 2.43. The minimum Gasteiger partial charge on any atom is -0.478 e. The maximum Gasteiger partial charge on any atom is 0.335 e. The summed E-state index contributed by atoms with van der Waals surface area (Å²) in [5.41, 5.74) is 13.9. The van der Waals surface area contributed by atoms with Gasteiger partial charge in [-0.3, -0.25) is 4.79 Å². The number of carboxylic acids is 1. The van der Waals surface area contributed by atoms with Gasteiger partial charge in [0.25, 0.3) is 5.91 Å². The summed E-state index contributed by atoms with van der Waals surface area (Å²) in [6.07, 6.45) is 17.2. The van der Waals surface area contributed by atoms with Gasteiger partial charge >= 0.3 is 5.97 Å². The van der Waals surface area contributed by atoms with Gasteiger partial charge in [-0.1, -0.05) is 70.5 Å². The standard InChI is InChI=1S/C29H32N4O.C17H20N2O2.C12H14N2.CH4.ClH/c1-3-24-18-31-28(32-24)27-16-25(19(2)15-26(27)23-5-4-6-23)29(34)33-13-11-22(12-14-33)21-9-7-20(17-30)8-10-21;1-3-12-9-18-16(19-12)15-8-13(17(20)21)10(2)7-14(15)11-5-4-6-11;13-9-10-1-3-11(4-2-10)12-5-7-14-8-6-12;;/h7-10,15-16,18,22-23H,3-6,11-14H2,1-2H3,(H,31,32);7-9,11H,3-6H2,1-2H3,(H,18,19)(H,20,21);1-4,12,14H,5-8H2;1H4;1H. The van der Waals surface area contributed by atoms with E-state index in [9.17, 15) is 14.7 Å². The summed E-state index contributed by atoms with van der Waals surface area (Å²) in [6.45, 7) is 11.9. The van der Waals surface area contributed by atoms with Gasteiger partial charge in [-0.25, -0.2) is 14.8 Å². The van der Waals surface area contributed by atoms with Gasteiger partial charge in [0.1, 0.15) is 11.6 Å². The zero-order chi connectivity index (χ0) is 48.4. The lowest BCUT2D eigenvalue weighted by Gasteiger charge is -2.33. The van der Waals surface area contributed by atoms with Crippen molar-refractivity contribution in [3.8, 4) is 34.9 Å². The highest BCUT2D eigenvalue weighted by atomic mass is 35.5. The van der Waals surface area contributed by atoms with Crippen molar-refractivity contribution in [2.45, 2.75) is 136 Å². The molecule has 2 aliphatic carbocycles. The van der Waals surface area contributed by atoms with Crippen LogP contribution in [0.25, 0.3) is 22.8 Å². The van der Waals surface area contributed by atoms with Crippen LogP contribution in [-0.4, -0.2) is 68.0 Å². The van der Waals surface area contributed by atoms with Gasteiger partial charge in [-0.15, -0.1) is 12.4 Å². The molecule has 4 aliphatic rings. The molecule has 4 fully saturated rings. The Balaban J connectivity index is 0.000000190. The van der Waals surface area contributed by atoms with Crippen LogP contribution in [-0.2, 0) is 12.8 Å². The van der Waals surface area contributed by atoms with Gasteiger partial charge in [0.15, 0.2) is 0 Å². The van der Waals surface area contributed by atoms with Gasteiger partial charge in [0.2, 0.25) is 0 Å². The third-order valence-electron chi connectivity index (χ3n) is 15.0. The van der Waals surface area contributed by atoms with Crippen LogP contribution in [0.3, 0.4) is 0 Å². The second kappa shape index (κ2) is 25.0. The summed E-state index contributed by atoms with van der Waals surface area (Å²) in [5.74, 6) is 3.14. The number of halogens is 1. The molecule has 10 rings (SSSR count). The minimum atomic E-state index is -0.879. The summed E-state index contributed by atoms with van der Waals surface area (Å²) in [6, 6.07) is 28.4. The number of nitriles is 2. The van der Waals surface area contributed by atoms with E-state index in [1.165, 1.54) is 73.6 Å². The van der Waals surface area contributed by atoms with E-state index >= 15 is 0 Å². The molecule has 4 aromatic carbocycles. The van der Waals surface area contributed by atoms with E-state index in [0.717, 1.165) is 108 Å². The van der Waals surface area contributed by atoms with Crippen LogP contribution in [0.4, 0.5) is 0 Å². The highest BCUT2D eigenvalue weighted by Gasteiger charge is 2.30. The van der Waals surface area contributed by atoms with E-state index in [2.05, 4.69) is 94.6 Å². The van der Waals surface area contributed by atoms with Crippen molar-refractivity contribution >= 4 is 24.3 Å². The number of aromatic amines is 2. The van der Waals surface area contributed by atoms with Gasteiger partial charge in [-0.05, 0) is 185 Å². The van der Waals surface area contributed by atoms with Crippen LogP contribution in [0.15, 0.2) is 85.2 Å². The molecule has 2 saturated heterocycles. The predicted molar refractivity (Wildman–Crippen MR) is 285 cm³/mol. The first-order valence-corrected chi connectivity index (χ1v) is 25.2. The van der Waals surface area contributed by atoms with Gasteiger partial charge < -0.3 is 25.3 Å². The molecule has 0 atom stereocenters. The molecule has 0 bridgehead atoms. The fraction of sp³-hybridized carbons (Fsp3) is 0.424. The Bertz CT molecular complexity index is 2810. The van der Waals surface area contributed by atoms with Crippen LogP contribution in [0, 0.1) is 36.5 Å². The van der Waals surface area contributed by atoms with Crippen LogP contribution in [0.5, 0.6) is 0 Å². The Hall–Kier alpha value is -6.53. The van der Waals surface area contributed by atoms with Crippen molar-refractivity contribution in [1.82, 2.24) is 30.2 Å². The van der Waals surface area contributed by atoms with E-state index in [1.807, 2.05) is 54.5 Å². The number of nitrogens with one attached hydrogen (secondary N) is 3. The molecule has 71 heavy (non-hydrogen) atoms. The maximum atomic E-state index is 13.6. The largest absolute Gasteiger partial charge is 0.478 e. The number of imidazole rings is 2. The molecule has 0 unspecified atom stereocenters. The summed E-state index contributed by atoms with van der Waals surface area (Å²) >= 11 is 0. The third kappa shape index (κ3) is 12.7. The Morgan fingerprint density at radius 1 is 0.634 bits per heavy atom. The molecule has 4 heterocycles. The topological polar surface area (TPSA) is 175 Å². The van der Waals surface area contributed by atoms with Crippen LogP contribution in [0.1, 0.15) is 186 Å². The summed E-state index contributed by atoms with van der Waals surface area (Å²) in [7, 11) is 0. The van der Waals surface area contributed by atoms with E-state index in [0.29, 0.717) is 34.8 Å². The maximum absolute atomic E-state index is 13.6. The number of carbonyl (C=O) groups excluding carboxylic acids is 1. The summed E-state index contributed by atoms with van der Waals surface area (Å²) in [5, 5.41) is 30.4. The van der Waals surface area contributed by atoms with Crippen molar-refractivity contribution in [2.75, 3.05) is 26.2 Å².